The molecule has 0 atom stereocenters. The van der Waals surface area contributed by atoms with Crippen molar-refractivity contribution in [2.75, 3.05) is 6.54 Å². The Hall–Kier alpha value is -1.38. The molecule has 0 aliphatic heterocycles. The van der Waals surface area contributed by atoms with Crippen LogP contribution in [-0.4, -0.2) is 11.5 Å². The molecule has 0 radical (unpaired) electrons. The zero-order valence-electron chi connectivity index (χ0n) is 8.57. The minimum absolute atomic E-state index is 0.114. The highest BCUT2D eigenvalue weighted by molar-refractivity contribution is 9.10. The number of rotatable bonds is 5. The Morgan fingerprint density at radius 2 is 2.31 bits per heavy atom. The Morgan fingerprint density at radius 1 is 1.56 bits per heavy atom. The molecule has 0 heterocycles. The normalized spacial score (nSPS) is 9.75. The Kier molecular flexibility index (Phi) is 4.96. The highest BCUT2D eigenvalue weighted by Gasteiger charge is 2.13. The summed E-state index contributed by atoms with van der Waals surface area (Å²) in [7, 11) is 0. The van der Waals surface area contributed by atoms with E-state index in [2.05, 4.69) is 27.2 Å². The Bertz CT molecular complexity index is 426. The molecule has 0 unspecified atom stereocenters. The lowest BCUT2D eigenvalue weighted by Gasteiger charge is -2.04. The van der Waals surface area contributed by atoms with E-state index in [-0.39, 0.29) is 10.6 Å². The van der Waals surface area contributed by atoms with Gasteiger partial charge in [-0.1, -0.05) is 15.9 Å². The van der Waals surface area contributed by atoms with E-state index in [9.17, 15) is 10.1 Å². The molecule has 0 spiro atoms. The first-order chi connectivity index (χ1) is 7.65. The average Bonchev–Trinajstić information content (AvgIpc) is 2.26. The van der Waals surface area contributed by atoms with E-state index >= 15 is 0 Å². The summed E-state index contributed by atoms with van der Waals surface area (Å²) in [6.07, 6.45) is 5.72. The van der Waals surface area contributed by atoms with E-state index < -0.39 is 0 Å². The predicted octanol–water partition coefficient (Wildman–Crippen LogP) is 2.47. The number of hydrogen-bond acceptors (Lipinski definition) is 3. The van der Waals surface area contributed by atoms with Gasteiger partial charge in [0.25, 0.3) is 5.69 Å². The minimum atomic E-state index is -0.386. The summed E-state index contributed by atoms with van der Waals surface area (Å²) < 4.78 is 0.701. The van der Waals surface area contributed by atoms with Crippen molar-refractivity contribution in [2.24, 2.45) is 0 Å². The molecule has 0 fully saturated rings. The van der Waals surface area contributed by atoms with E-state index in [4.69, 9.17) is 6.42 Å². The first-order valence-corrected chi connectivity index (χ1v) is 5.51. The van der Waals surface area contributed by atoms with Crippen LogP contribution >= 0.6 is 15.9 Å². The fourth-order valence-electron chi connectivity index (χ4n) is 1.24. The third-order valence-corrected chi connectivity index (χ3v) is 2.50. The van der Waals surface area contributed by atoms with Gasteiger partial charge < -0.3 is 5.32 Å². The molecule has 0 saturated heterocycles. The van der Waals surface area contributed by atoms with Crippen molar-refractivity contribution in [2.45, 2.75) is 13.0 Å². The van der Waals surface area contributed by atoms with Crippen molar-refractivity contribution in [3.8, 4) is 12.3 Å². The van der Waals surface area contributed by atoms with E-state index in [0.29, 0.717) is 29.5 Å². The average molecular weight is 283 g/mol. The molecule has 0 saturated carbocycles. The molecule has 1 N–H and O–H groups in total. The molecule has 0 aliphatic rings. The van der Waals surface area contributed by atoms with E-state index in [1.807, 2.05) is 0 Å². The Labute approximate surface area is 102 Å². The first kappa shape index (κ1) is 12.7. The third-order valence-electron chi connectivity index (χ3n) is 2.01. The second-order valence-electron chi connectivity index (χ2n) is 3.16. The number of nitrogens with one attached hydrogen (secondary N) is 1. The van der Waals surface area contributed by atoms with Crippen molar-refractivity contribution in [3.63, 3.8) is 0 Å². The molecule has 1 aromatic rings. The Morgan fingerprint density at radius 3 is 2.94 bits per heavy atom. The van der Waals surface area contributed by atoms with Gasteiger partial charge in [-0.2, -0.15) is 0 Å². The van der Waals surface area contributed by atoms with Crippen LogP contribution in [0.2, 0.25) is 0 Å². The molecular formula is C11H11BrN2O2. The largest absolute Gasteiger partial charge is 0.311 e. The van der Waals surface area contributed by atoms with Crippen LogP contribution in [0.4, 0.5) is 5.69 Å². The van der Waals surface area contributed by atoms with Gasteiger partial charge in [-0.05, 0) is 12.1 Å². The van der Waals surface area contributed by atoms with Crippen LogP contribution in [-0.2, 0) is 6.54 Å². The number of nitro groups is 1. The lowest BCUT2D eigenvalue weighted by atomic mass is 10.2. The van der Waals surface area contributed by atoms with Gasteiger partial charge in [0.05, 0.1) is 4.92 Å². The molecule has 16 heavy (non-hydrogen) atoms. The van der Waals surface area contributed by atoms with Crippen molar-refractivity contribution < 1.29 is 4.92 Å². The number of hydrogen-bond donors (Lipinski definition) is 1. The van der Waals surface area contributed by atoms with Crippen LogP contribution in [0.1, 0.15) is 12.0 Å². The van der Waals surface area contributed by atoms with Crippen LogP contribution in [0, 0.1) is 22.5 Å². The summed E-state index contributed by atoms with van der Waals surface area (Å²) in [6, 6.07) is 5.01. The van der Waals surface area contributed by atoms with E-state index in [1.54, 1.807) is 12.1 Å². The molecule has 84 valence electrons. The quantitative estimate of drug-likeness (QED) is 0.391. The Balaban J connectivity index is 2.72. The maximum atomic E-state index is 10.8. The number of terminal acetylenes is 1. The standard InChI is InChI=1S/C11H11BrN2O2/c1-2-3-6-13-8-9-4-5-10(12)7-11(9)14(15)16/h1,4-5,7,13H,3,6,8H2. The molecule has 0 amide bonds. The molecule has 0 aromatic heterocycles. The summed E-state index contributed by atoms with van der Waals surface area (Å²) in [4.78, 5) is 10.4. The topological polar surface area (TPSA) is 55.2 Å². The molecule has 1 aromatic carbocycles. The molecule has 5 heteroatoms. The van der Waals surface area contributed by atoms with Gasteiger partial charge in [0.2, 0.25) is 0 Å². The lowest BCUT2D eigenvalue weighted by molar-refractivity contribution is -0.385. The monoisotopic (exact) mass is 282 g/mol. The van der Waals surface area contributed by atoms with Gasteiger partial charge in [0.1, 0.15) is 0 Å². The van der Waals surface area contributed by atoms with Crippen LogP contribution in [0.3, 0.4) is 0 Å². The second kappa shape index (κ2) is 6.26. The number of benzene rings is 1. The summed E-state index contributed by atoms with van der Waals surface area (Å²) in [5, 5.41) is 13.8. The maximum Gasteiger partial charge on any atom is 0.275 e. The fourth-order valence-corrected chi connectivity index (χ4v) is 1.59. The zero-order valence-corrected chi connectivity index (χ0v) is 10.2. The van der Waals surface area contributed by atoms with Crippen molar-refractivity contribution in [3.05, 3.63) is 38.3 Å². The molecule has 0 bridgehead atoms. The summed E-state index contributed by atoms with van der Waals surface area (Å²) >= 11 is 3.21. The van der Waals surface area contributed by atoms with Crippen molar-refractivity contribution in [1.29, 1.82) is 0 Å². The van der Waals surface area contributed by atoms with Gasteiger partial charge in [-0.15, -0.1) is 12.3 Å². The molecule has 4 nitrogen and oxygen atoms in total. The number of nitrogens with zero attached hydrogens (tertiary/aromatic N) is 1. The first-order valence-electron chi connectivity index (χ1n) is 4.72. The minimum Gasteiger partial charge on any atom is -0.311 e. The predicted molar refractivity (Wildman–Crippen MR) is 66.0 cm³/mol. The van der Waals surface area contributed by atoms with Crippen LogP contribution < -0.4 is 5.32 Å². The van der Waals surface area contributed by atoms with Gasteiger partial charge in [0.15, 0.2) is 0 Å². The van der Waals surface area contributed by atoms with Gasteiger partial charge in [0, 0.05) is 35.6 Å². The highest BCUT2D eigenvalue weighted by atomic mass is 79.9. The van der Waals surface area contributed by atoms with Crippen LogP contribution in [0.15, 0.2) is 22.7 Å². The SMILES string of the molecule is C#CCCNCc1ccc(Br)cc1[N+](=O)[O-]. The molecule has 0 aliphatic carbocycles. The lowest BCUT2D eigenvalue weighted by Crippen LogP contribution is -2.15. The summed E-state index contributed by atoms with van der Waals surface area (Å²) in [5.41, 5.74) is 0.771. The summed E-state index contributed by atoms with van der Waals surface area (Å²) in [6.45, 7) is 1.11. The van der Waals surface area contributed by atoms with E-state index in [1.165, 1.54) is 6.07 Å². The molecule has 1 rings (SSSR count). The highest BCUT2D eigenvalue weighted by Crippen LogP contribution is 2.23. The van der Waals surface area contributed by atoms with Crippen molar-refractivity contribution in [1.82, 2.24) is 5.32 Å². The fraction of sp³-hybridized carbons (Fsp3) is 0.273. The van der Waals surface area contributed by atoms with E-state index in [0.717, 1.165) is 0 Å². The summed E-state index contributed by atoms with van der Waals surface area (Å²) in [5.74, 6) is 2.50. The van der Waals surface area contributed by atoms with Gasteiger partial charge in [-0.25, -0.2) is 0 Å². The van der Waals surface area contributed by atoms with Crippen molar-refractivity contribution >= 4 is 21.6 Å². The number of nitro benzene ring substituents is 1. The van der Waals surface area contributed by atoms with Gasteiger partial charge in [-0.3, -0.25) is 10.1 Å². The van der Waals surface area contributed by atoms with Crippen LogP contribution in [0.25, 0.3) is 0 Å². The second-order valence-corrected chi connectivity index (χ2v) is 4.08. The third kappa shape index (κ3) is 3.65. The number of halogens is 1. The maximum absolute atomic E-state index is 10.8. The zero-order chi connectivity index (χ0) is 12.0. The van der Waals surface area contributed by atoms with Crippen LogP contribution in [0.5, 0.6) is 0 Å². The smallest absolute Gasteiger partial charge is 0.275 e. The molecular weight excluding hydrogens is 272 g/mol. The van der Waals surface area contributed by atoms with Gasteiger partial charge >= 0.3 is 0 Å².